The van der Waals surface area contributed by atoms with Crippen molar-refractivity contribution in [3.63, 3.8) is 0 Å². The molecule has 1 atom stereocenters. The Bertz CT molecular complexity index is 1060. The van der Waals surface area contributed by atoms with Gasteiger partial charge < -0.3 is 10.1 Å². The minimum Gasteiger partial charge on any atom is -0.494 e. The zero-order valence-electron chi connectivity index (χ0n) is 16.8. The largest absolute Gasteiger partial charge is 0.494 e. The molecule has 0 aliphatic heterocycles. The van der Waals surface area contributed by atoms with Crippen LogP contribution >= 0.6 is 11.3 Å². The lowest BCUT2D eigenvalue weighted by Crippen LogP contribution is -2.33. The molecule has 0 saturated carbocycles. The fourth-order valence-corrected chi connectivity index (χ4v) is 4.65. The van der Waals surface area contributed by atoms with E-state index in [-0.39, 0.29) is 16.8 Å². The molecular weight excluding hydrogens is 420 g/mol. The third kappa shape index (κ3) is 5.84. The summed E-state index contributed by atoms with van der Waals surface area (Å²) in [6.07, 6.45) is 0.759. The maximum atomic E-state index is 12.6. The highest BCUT2D eigenvalue weighted by Gasteiger charge is 2.15. The summed E-state index contributed by atoms with van der Waals surface area (Å²) in [5, 5.41) is 7.03. The molecule has 30 heavy (non-hydrogen) atoms. The number of thiophene rings is 1. The molecule has 1 amide bonds. The monoisotopic (exact) mass is 444 g/mol. The van der Waals surface area contributed by atoms with Crippen LogP contribution in [0.4, 0.5) is 5.69 Å². The van der Waals surface area contributed by atoms with Crippen molar-refractivity contribution in [2.24, 2.45) is 0 Å². The van der Waals surface area contributed by atoms with Crippen LogP contribution in [0, 0.1) is 0 Å². The van der Waals surface area contributed by atoms with Crippen molar-refractivity contribution in [1.82, 2.24) is 5.32 Å². The Morgan fingerprint density at radius 1 is 1.07 bits per heavy atom. The minimum atomic E-state index is -3.73. The maximum absolute atomic E-state index is 12.6. The first-order valence-corrected chi connectivity index (χ1v) is 12.0. The fraction of sp³-hybridized carbons (Fsp3) is 0.227. The van der Waals surface area contributed by atoms with Gasteiger partial charge in [-0.25, -0.2) is 8.42 Å². The lowest BCUT2D eigenvalue weighted by Gasteiger charge is -2.14. The van der Waals surface area contributed by atoms with Crippen molar-refractivity contribution in [3.8, 4) is 5.75 Å². The molecule has 3 aromatic rings. The number of anilines is 1. The zero-order chi connectivity index (χ0) is 21.6. The molecule has 6 nitrogen and oxygen atoms in total. The number of hydrogen-bond acceptors (Lipinski definition) is 5. The number of carbonyl (C=O) groups excluding carboxylic acids is 1. The predicted molar refractivity (Wildman–Crippen MR) is 120 cm³/mol. The molecule has 2 N–H and O–H groups in total. The normalized spacial score (nSPS) is 12.2. The number of nitrogens with one attached hydrogen (secondary N) is 2. The molecule has 0 fully saturated rings. The third-order valence-corrected chi connectivity index (χ3v) is 6.47. The molecule has 0 radical (unpaired) electrons. The van der Waals surface area contributed by atoms with Crippen molar-refractivity contribution in [2.75, 3.05) is 11.3 Å². The molecule has 0 aliphatic carbocycles. The first-order chi connectivity index (χ1) is 14.4. The Labute approximate surface area is 181 Å². The van der Waals surface area contributed by atoms with Crippen molar-refractivity contribution < 1.29 is 17.9 Å². The van der Waals surface area contributed by atoms with Gasteiger partial charge >= 0.3 is 0 Å². The second-order valence-electron chi connectivity index (χ2n) is 6.80. The van der Waals surface area contributed by atoms with Crippen LogP contribution < -0.4 is 14.8 Å². The number of benzene rings is 2. The average Bonchev–Trinajstić information content (AvgIpc) is 3.21. The van der Waals surface area contributed by atoms with E-state index in [2.05, 4.69) is 15.4 Å². The molecule has 8 heteroatoms. The van der Waals surface area contributed by atoms with Gasteiger partial charge in [-0.15, -0.1) is 0 Å². The van der Waals surface area contributed by atoms with Crippen LogP contribution in [0.2, 0.25) is 0 Å². The van der Waals surface area contributed by atoms with Gasteiger partial charge in [0.15, 0.2) is 0 Å². The average molecular weight is 445 g/mol. The number of rotatable bonds is 9. The standard InChI is InChI=1S/C22H24N2O4S2/c1-3-28-20-8-10-21(11-9-20)30(26,27)24-19-6-4-18(5-7-19)22(25)23-16(2)14-17-12-13-29-15-17/h4-13,15-16,24H,3,14H2,1-2H3,(H,23,25). The highest BCUT2D eigenvalue weighted by atomic mass is 32.2. The summed E-state index contributed by atoms with van der Waals surface area (Å²) in [7, 11) is -3.73. The Morgan fingerprint density at radius 2 is 1.77 bits per heavy atom. The first-order valence-electron chi connectivity index (χ1n) is 9.55. The van der Waals surface area contributed by atoms with Crippen LogP contribution in [-0.4, -0.2) is 27.0 Å². The van der Waals surface area contributed by atoms with Crippen LogP contribution in [0.1, 0.15) is 29.8 Å². The van der Waals surface area contributed by atoms with Gasteiger partial charge in [0.25, 0.3) is 15.9 Å². The van der Waals surface area contributed by atoms with E-state index < -0.39 is 10.0 Å². The van der Waals surface area contributed by atoms with Gasteiger partial charge in [0.05, 0.1) is 11.5 Å². The van der Waals surface area contributed by atoms with E-state index in [0.717, 1.165) is 6.42 Å². The second-order valence-corrected chi connectivity index (χ2v) is 9.26. The molecule has 3 rings (SSSR count). The van der Waals surface area contributed by atoms with E-state index in [1.165, 1.54) is 17.7 Å². The smallest absolute Gasteiger partial charge is 0.261 e. The Hall–Kier alpha value is -2.84. The number of carbonyl (C=O) groups is 1. The van der Waals surface area contributed by atoms with Crippen LogP contribution in [0.25, 0.3) is 0 Å². The van der Waals surface area contributed by atoms with Gasteiger partial charge in [0.2, 0.25) is 0 Å². The van der Waals surface area contributed by atoms with Crippen molar-refractivity contribution in [2.45, 2.75) is 31.2 Å². The molecular formula is C22H24N2O4S2. The molecule has 1 heterocycles. The Morgan fingerprint density at radius 3 is 2.37 bits per heavy atom. The quantitative estimate of drug-likeness (QED) is 0.515. The summed E-state index contributed by atoms with van der Waals surface area (Å²) in [5.74, 6) is 0.415. The van der Waals surface area contributed by atoms with Crippen molar-refractivity contribution in [3.05, 3.63) is 76.5 Å². The van der Waals surface area contributed by atoms with Crippen LogP contribution in [0.5, 0.6) is 5.75 Å². The first kappa shape index (κ1) is 21.9. The van der Waals surface area contributed by atoms with Gasteiger partial charge in [0, 0.05) is 17.3 Å². The van der Waals surface area contributed by atoms with Gasteiger partial charge in [0.1, 0.15) is 5.75 Å². The van der Waals surface area contributed by atoms with Crippen LogP contribution in [0.15, 0.2) is 70.3 Å². The summed E-state index contributed by atoms with van der Waals surface area (Å²) in [5.41, 5.74) is 2.04. The molecule has 1 aromatic heterocycles. The molecule has 1 unspecified atom stereocenters. The Balaban J connectivity index is 1.61. The maximum Gasteiger partial charge on any atom is 0.261 e. The fourth-order valence-electron chi connectivity index (χ4n) is 2.91. The molecule has 158 valence electrons. The molecule has 0 spiro atoms. The summed E-state index contributed by atoms with van der Waals surface area (Å²) in [6.45, 7) is 4.33. The second kappa shape index (κ2) is 9.77. The highest BCUT2D eigenvalue weighted by molar-refractivity contribution is 7.92. The van der Waals surface area contributed by atoms with E-state index in [9.17, 15) is 13.2 Å². The molecule has 2 aromatic carbocycles. The summed E-state index contributed by atoms with van der Waals surface area (Å²) < 4.78 is 33.0. The van der Waals surface area contributed by atoms with Gasteiger partial charge in [-0.2, -0.15) is 11.3 Å². The van der Waals surface area contributed by atoms with Crippen molar-refractivity contribution in [1.29, 1.82) is 0 Å². The van der Waals surface area contributed by atoms with E-state index in [0.29, 0.717) is 23.6 Å². The lowest BCUT2D eigenvalue weighted by molar-refractivity contribution is 0.0940. The summed E-state index contributed by atoms with van der Waals surface area (Å²) in [6, 6.07) is 14.6. The minimum absolute atomic E-state index is 0.00932. The number of amides is 1. The van der Waals surface area contributed by atoms with E-state index in [4.69, 9.17) is 4.74 Å². The summed E-state index contributed by atoms with van der Waals surface area (Å²) >= 11 is 1.63. The third-order valence-electron chi connectivity index (χ3n) is 4.34. The lowest BCUT2D eigenvalue weighted by atomic mass is 10.1. The number of sulfonamides is 1. The van der Waals surface area contributed by atoms with Crippen molar-refractivity contribution >= 4 is 33.0 Å². The SMILES string of the molecule is CCOc1ccc(S(=O)(=O)Nc2ccc(C(=O)NC(C)Cc3ccsc3)cc2)cc1. The molecule has 0 aliphatic rings. The predicted octanol–water partition coefficient (Wildman–Crippen LogP) is 4.31. The number of hydrogen-bond donors (Lipinski definition) is 2. The van der Waals surface area contributed by atoms with Gasteiger partial charge in [-0.05, 0) is 91.2 Å². The van der Waals surface area contributed by atoms with Crippen LogP contribution in [0.3, 0.4) is 0 Å². The van der Waals surface area contributed by atoms with Gasteiger partial charge in [-0.3, -0.25) is 9.52 Å². The van der Waals surface area contributed by atoms with E-state index in [1.807, 2.05) is 25.3 Å². The molecule has 0 bridgehead atoms. The summed E-state index contributed by atoms with van der Waals surface area (Å²) in [4.78, 5) is 12.6. The highest BCUT2D eigenvalue weighted by Crippen LogP contribution is 2.20. The van der Waals surface area contributed by atoms with Gasteiger partial charge in [-0.1, -0.05) is 0 Å². The van der Waals surface area contributed by atoms with Crippen LogP contribution in [-0.2, 0) is 16.4 Å². The van der Waals surface area contributed by atoms with E-state index in [1.54, 1.807) is 47.7 Å². The van der Waals surface area contributed by atoms with E-state index >= 15 is 0 Å². The number of ether oxygens (including phenoxy) is 1. The topological polar surface area (TPSA) is 84.5 Å². The Kier molecular flexibility index (Phi) is 7.12. The zero-order valence-corrected chi connectivity index (χ0v) is 18.4. The molecule has 0 saturated heterocycles.